The Hall–Kier alpha value is -2.74. The van der Waals surface area contributed by atoms with Crippen LogP contribution in [0.15, 0.2) is 71.6 Å². The molecule has 3 aromatic rings. The van der Waals surface area contributed by atoms with Crippen molar-refractivity contribution in [1.29, 1.82) is 0 Å². The number of amides is 1. The summed E-state index contributed by atoms with van der Waals surface area (Å²) in [5, 5.41) is 4.99. The average molecular weight is 438 g/mol. The molecule has 0 bridgehead atoms. The summed E-state index contributed by atoms with van der Waals surface area (Å²) in [5.74, 6) is -0.178. The van der Waals surface area contributed by atoms with E-state index in [1.807, 2.05) is 42.5 Å². The molecule has 0 spiro atoms. The number of rotatable bonds is 6. The molecule has 3 aromatic carbocycles. The fourth-order valence-electron chi connectivity index (χ4n) is 3.99. The van der Waals surface area contributed by atoms with E-state index in [0.717, 1.165) is 36.0 Å². The van der Waals surface area contributed by atoms with Gasteiger partial charge in [-0.05, 0) is 41.1 Å². The fraction of sp³-hybridized carbons (Fsp3) is 0.292. The van der Waals surface area contributed by atoms with E-state index >= 15 is 0 Å². The van der Waals surface area contributed by atoms with Gasteiger partial charge in [-0.25, -0.2) is 8.42 Å². The number of likely N-dealkylation sites (N-methyl/N-ethyl adjacent to an activating group) is 1. The van der Waals surface area contributed by atoms with Gasteiger partial charge in [-0.3, -0.25) is 4.79 Å². The van der Waals surface area contributed by atoms with Gasteiger partial charge < -0.3 is 10.2 Å². The van der Waals surface area contributed by atoms with Crippen molar-refractivity contribution in [2.45, 2.75) is 18.2 Å². The molecule has 1 aliphatic rings. The summed E-state index contributed by atoms with van der Waals surface area (Å²) < 4.78 is 27.6. The van der Waals surface area contributed by atoms with Gasteiger partial charge in [-0.2, -0.15) is 4.31 Å². The first-order valence-corrected chi connectivity index (χ1v) is 12.0. The van der Waals surface area contributed by atoms with Gasteiger partial charge in [0.25, 0.3) is 0 Å². The number of sulfonamides is 1. The number of hydrogen-bond donors (Lipinski definition) is 1. The van der Waals surface area contributed by atoms with Gasteiger partial charge in [0.15, 0.2) is 0 Å². The van der Waals surface area contributed by atoms with Crippen molar-refractivity contribution in [3.63, 3.8) is 0 Å². The summed E-state index contributed by atoms with van der Waals surface area (Å²) in [6.07, 6.45) is 0.220. The topological polar surface area (TPSA) is 69.7 Å². The normalized spacial score (nSPS) is 15.8. The third kappa shape index (κ3) is 4.79. The molecule has 6 nitrogen and oxygen atoms in total. The summed E-state index contributed by atoms with van der Waals surface area (Å²) in [4.78, 5) is 15.1. The molecular weight excluding hydrogens is 410 g/mol. The van der Waals surface area contributed by atoms with Crippen molar-refractivity contribution in [3.05, 3.63) is 72.3 Å². The lowest BCUT2D eigenvalue weighted by Gasteiger charge is -2.33. The largest absolute Gasteiger partial charge is 0.326 e. The fourth-order valence-corrected chi connectivity index (χ4v) is 5.46. The first kappa shape index (κ1) is 21.5. The van der Waals surface area contributed by atoms with E-state index in [2.05, 4.69) is 17.1 Å². The average Bonchev–Trinajstić information content (AvgIpc) is 2.79. The first-order chi connectivity index (χ1) is 15.0. The SMILES string of the molecule is CCN1CCN(S(=O)(=O)c2cccc(NC(=O)Cc3cccc4ccccc34)c2)CC1. The van der Waals surface area contributed by atoms with Crippen LogP contribution >= 0.6 is 0 Å². The van der Waals surface area contributed by atoms with Crippen molar-refractivity contribution in [3.8, 4) is 0 Å². The molecule has 162 valence electrons. The molecule has 0 saturated carbocycles. The van der Waals surface area contributed by atoms with Crippen LogP contribution in [-0.4, -0.2) is 56.3 Å². The Labute approximate surface area is 183 Å². The zero-order chi connectivity index (χ0) is 21.8. The molecule has 1 fully saturated rings. The molecule has 7 heteroatoms. The number of nitrogens with zero attached hydrogens (tertiary/aromatic N) is 2. The van der Waals surface area contributed by atoms with Crippen LogP contribution in [-0.2, 0) is 21.2 Å². The van der Waals surface area contributed by atoms with Crippen LogP contribution in [0.2, 0.25) is 0 Å². The monoisotopic (exact) mass is 437 g/mol. The standard InChI is InChI=1S/C24H27N3O3S/c1-2-26-13-15-27(16-14-26)31(29,30)22-11-6-10-21(18-22)25-24(28)17-20-9-5-8-19-7-3-4-12-23(19)20/h3-12,18H,2,13-17H2,1H3,(H,25,28). The Bertz CT molecular complexity index is 1180. The summed E-state index contributed by atoms with van der Waals surface area (Å²) in [5.41, 5.74) is 1.42. The van der Waals surface area contributed by atoms with Gasteiger partial charge >= 0.3 is 0 Å². The van der Waals surface area contributed by atoms with Crippen LogP contribution in [0.25, 0.3) is 10.8 Å². The molecule has 4 rings (SSSR count). The van der Waals surface area contributed by atoms with Gasteiger partial charge in [0.1, 0.15) is 0 Å². The Kier molecular flexibility index (Phi) is 6.36. The third-order valence-corrected chi connectivity index (χ3v) is 7.66. The van der Waals surface area contributed by atoms with E-state index in [0.29, 0.717) is 18.8 Å². The van der Waals surface area contributed by atoms with Gasteiger partial charge in [-0.15, -0.1) is 0 Å². The minimum Gasteiger partial charge on any atom is -0.326 e. The van der Waals surface area contributed by atoms with Crippen LogP contribution in [0, 0.1) is 0 Å². The highest BCUT2D eigenvalue weighted by Gasteiger charge is 2.28. The lowest BCUT2D eigenvalue weighted by atomic mass is 10.0. The number of fused-ring (bicyclic) bond motifs is 1. The molecule has 0 atom stereocenters. The lowest BCUT2D eigenvalue weighted by Crippen LogP contribution is -2.48. The molecule has 1 saturated heterocycles. The van der Waals surface area contributed by atoms with Crippen molar-refractivity contribution in [2.75, 3.05) is 38.0 Å². The smallest absolute Gasteiger partial charge is 0.243 e. The van der Waals surface area contributed by atoms with E-state index in [-0.39, 0.29) is 17.2 Å². The van der Waals surface area contributed by atoms with Crippen LogP contribution in [0.1, 0.15) is 12.5 Å². The van der Waals surface area contributed by atoms with E-state index in [1.54, 1.807) is 24.3 Å². The minimum atomic E-state index is -3.58. The van der Waals surface area contributed by atoms with Crippen molar-refractivity contribution in [1.82, 2.24) is 9.21 Å². The predicted molar refractivity (Wildman–Crippen MR) is 124 cm³/mol. The Morgan fingerprint density at radius 3 is 2.42 bits per heavy atom. The maximum Gasteiger partial charge on any atom is 0.243 e. The highest BCUT2D eigenvalue weighted by atomic mass is 32.2. The Morgan fingerprint density at radius 1 is 0.935 bits per heavy atom. The van der Waals surface area contributed by atoms with Crippen LogP contribution in [0.3, 0.4) is 0 Å². The molecule has 0 aliphatic carbocycles. The van der Waals surface area contributed by atoms with Crippen LogP contribution in [0.4, 0.5) is 5.69 Å². The molecule has 0 aromatic heterocycles. The molecular formula is C24H27N3O3S. The van der Waals surface area contributed by atoms with Gasteiger partial charge in [0, 0.05) is 31.9 Å². The van der Waals surface area contributed by atoms with Crippen LogP contribution < -0.4 is 5.32 Å². The summed E-state index contributed by atoms with van der Waals surface area (Å²) in [6, 6.07) is 20.4. The number of piperazine rings is 1. The predicted octanol–water partition coefficient (Wildman–Crippen LogP) is 3.35. The second-order valence-corrected chi connectivity index (χ2v) is 9.67. The van der Waals surface area contributed by atoms with Gasteiger partial charge in [-0.1, -0.05) is 55.5 Å². The van der Waals surface area contributed by atoms with E-state index in [1.165, 1.54) is 4.31 Å². The van der Waals surface area contributed by atoms with E-state index < -0.39 is 10.0 Å². The Balaban J connectivity index is 1.47. The molecule has 0 radical (unpaired) electrons. The zero-order valence-corrected chi connectivity index (χ0v) is 18.4. The maximum absolute atomic E-state index is 13.1. The Morgan fingerprint density at radius 2 is 1.65 bits per heavy atom. The molecule has 0 unspecified atom stereocenters. The third-order valence-electron chi connectivity index (χ3n) is 5.76. The maximum atomic E-state index is 13.1. The summed E-state index contributed by atoms with van der Waals surface area (Å²) >= 11 is 0. The second-order valence-electron chi connectivity index (χ2n) is 7.73. The summed E-state index contributed by atoms with van der Waals surface area (Å²) in [6.45, 7) is 5.43. The second kappa shape index (κ2) is 9.18. The first-order valence-electron chi connectivity index (χ1n) is 10.6. The highest BCUT2D eigenvalue weighted by Crippen LogP contribution is 2.22. The van der Waals surface area contributed by atoms with E-state index in [4.69, 9.17) is 0 Å². The molecule has 1 aliphatic heterocycles. The highest BCUT2D eigenvalue weighted by molar-refractivity contribution is 7.89. The number of carbonyl (C=O) groups is 1. The molecule has 1 N–H and O–H groups in total. The number of benzene rings is 3. The quantitative estimate of drug-likeness (QED) is 0.642. The van der Waals surface area contributed by atoms with Crippen molar-refractivity contribution in [2.24, 2.45) is 0 Å². The van der Waals surface area contributed by atoms with Crippen molar-refractivity contribution >= 4 is 32.4 Å². The number of hydrogen-bond acceptors (Lipinski definition) is 4. The minimum absolute atomic E-state index is 0.178. The van der Waals surface area contributed by atoms with Gasteiger partial charge in [0.05, 0.1) is 11.3 Å². The number of nitrogens with one attached hydrogen (secondary N) is 1. The van der Waals surface area contributed by atoms with Crippen molar-refractivity contribution < 1.29 is 13.2 Å². The van der Waals surface area contributed by atoms with E-state index in [9.17, 15) is 13.2 Å². The summed E-state index contributed by atoms with van der Waals surface area (Å²) in [7, 11) is -3.58. The number of anilines is 1. The molecule has 1 heterocycles. The molecule has 1 amide bonds. The van der Waals surface area contributed by atoms with Gasteiger partial charge in [0.2, 0.25) is 15.9 Å². The number of carbonyl (C=O) groups excluding carboxylic acids is 1. The van der Waals surface area contributed by atoms with Crippen LogP contribution in [0.5, 0.6) is 0 Å². The zero-order valence-electron chi connectivity index (χ0n) is 17.6. The lowest BCUT2D eigenvalue weighted by molar-refractivity contribution is -0.115. The molecule has 31 heavy (non-hydrogen) atoms.